The summed E-state index contributed by atoms with van der Waals surface area (Å²) < 4.78 is 6.00. The van der Waals surface area contributed by atoms with Crippen molar-refractivity contribution in [3.8, 4) is 0 Å². The first kappa shape index (κ1) is 23.9. The quantitative estimate of drug-likeness (QED) is 0.265. The molecule has 34 heavy (non-hydrogen) atoms. The van der Waals surface area contributed by atoms with Crippen LogP contribution in [0.2, 0.25) is 0 Å². The molecular weight excluding hydrogens is 519 g/mol. The first-order chi connectivity index (χ1) is 16.4. The lowest BCUT2D eigenvalue weighted by Gasteiger charge is -2.12. The van der Waals surface area contributed by atoms with Gasteiger partial charge in [-0.15, -0.1) is 34.4 Å². The van der Waals surface area contributed by atoms with Crippen molar-refractivity contribution in [2.45, 2.75) is 43.7 Å². The molecule has 0 aliphatic carbocycles. The lowest BCUT2D eigenvalue weighted by molar-refractivity contribution is -0.685. The smallest absolute Gasteiger partial charge is 0.271 e. The molecule has 1 aliphatic heterocycles. The first-order valence-corrected chi connectivity index (χ1v) is 15.5. The van der Waals surface area contributed by atoms with Crippen molar-refractivity contribution in [3.63, 3.8) is 0 Å². The summed E-state index contributed by atoms with van der Waals surface area (Å²) in [5, 5.41) is 4.30. The van der Waals surface area contributed by atoms with E-state index in [0.717, 1.165) is 31.5 Å². The Hall–Kier alpha value is -1.78. The zero-order chi connectivity index (χ0) is 24.0. The molecule has 0 fully saturated rings. The minimum atomic E-state index is 0.0957. The number of aryl methyl sites for hydroxylation is 2. The van der Waals surface area contributed by atoms with E-state index < -0.39 is 0 Å². The van der Waals surface area contributed by atoms with Crippen LogP contribution in [0.15, 0.2) is 50.4 Å². The first-order valence-electron chi connectivity index (χ1n) is 11.0. The van der Waals surface area contributed by atoms with Gasteiger partial charge < -0.3 is 4.90 Å². The summed E-state index contributed by atoms with van der Waals surface area (Å²) in [6.45, 7) is 7.90. The van der Waals surface area contributed by atoms with E-state index in [0.29, 0.717) is 6.54 Å². The third-order valence-electron chi connectivity index (χ3n) is 5.91. The Morgan fingerprint density at radius 2 is 2.00 bits per heavy atom. The summed E-state index contributed by atoms with van der Waals surface area (Å²) >= 11 is 8.61. The van der Waals surface area contributed by atoms with E-state index in [1.165, 1.54) is 25.1 Å². The van der Waals surface area contributed by atoms with Crippen LogP contribution in [-0.4, -0.2) is 17.9 Å². The highest BCUT2D eigenvalue weighted by molar-refractivity contribution is 8.08. The monoisotopic (exact) mass is 544 g/mol. The van der Waals surface area contributed by atoms with Crippen LogP contribution in [0.1, 0.15) is 27.2 Å². The molecule has 4 heterocycles. The third kappa shape index (κ3) is 4.33. The molecule has 4 aromatic rings. The van der Waals surface area contributed by atoms with Crippen LogP contribution in [0.4, 0.5) is 5.69 Å². The molecule has 0 saturated heterocycles. The maximum absolute atomic E-state index is 13.5. The SMILES string of the molecule is CCn1c(=O)/c(=C2\Sc3cc(SC)ccc3N2C)s/c1=C\c1scc[n+]1Cc1cc(C)sc1C. The summed E-state index contributed by atoms with van der Waals surface area (Å²) in [6.07, 6.45) is 6.41. The maximum atomic E-state index is 13.5. The average Bonchev–Trinajstić information content (AvgIpc) is 3.55. The van der Waals surface area contributed by atoms with Crippen molar-refractivity contribution in [2.24, 2.45) is 0 Å². The number of hydrogen-bond acceptors (Lipinski definition) is 7. The van der Waals surface area contributed by atoms with Gasteiger partial charge in [0.15, 0.2) is 12.7 Å². The van der Waals surface area contributed by atoms with Crippen molar-refractivity contribution in [1.82, 2.24) is 4.57 Å². The predicted octanol–water partition coefficient (Wildman–Crippen LogP) is 4.86. The number of benzene rings is 1. The molecule has 4 nitrogen and oxygen atoms in total. The van der Waals surface area contributed by atoms with E-state index in [2.05, 4.69) is 78.5 Å². The Bertz CT molecular complexity index is 1560. The van der Waals surface area contributed by atoms with Crippen molar-refractivity contribution in [3.05, 3.63) is 75.7 Å². The minimum absolute atomic E-state index is 0.0957. The Morgan fingerprint density at radius 3 is 2.71 bits per heavy atom. The van der Waals surface area contributed by atoms with E-state index in [9.17, 15) is 4.79 Å². The Morgan fingerprint density at radius 1 is 1.18 bits per heavy atom. The number of aromatic nitrogens is 2. The molecule has 176 valence electrons. The molecule has 0 spiro atoms. The molecule has 0 saturated carbocycles. The summed E-state index contributed by atoms with van der Waals surface area (Å²) in [5.41, 5.74) is 2.62. The zero-order valence-corrected chi connectivity index (χ0v) is 23.8. The Labute approximate surface area is 219 Å². The van der Waals surface area contributed by atoms with Crippen molar-refractivity contribution < 1.29 is 4.57 Å². The molecule has 1 aromatic carbocycles. The van der Waals surface area contributed by atoms with E-state index >= 15 is 0 Å². The number of thioether (sulfide) groups is 2. The average molecular weight is 545 g/mol. The number of hydrogen-bond donors (Lipinski definition) is 0. The number of thiophene rings is 1. The predicted molar refractivity (Wildman–Crippen MR) is 150 cm³/mol. The fraction of sp³-hybridized carbons (Fsp3) is 0.280. The normalized spacial score (nSPS) is 15.4. The summed E-state index contributed by atoms with van der Waals surface area (Å²) in [4.78, 5) is 20.8. The van der Waals surface area contributed by atoms with Crippen molar-refractivity contribution >= 4 is 74.3 Å². The molecule has 1 aliphatic rings. The van der Waals surface area contributed by atoms with Gasteiger partial charge in [0.1, 0.15) is 14.2 Å². The molecule has 5 rings (SSSR count). The number of thiazole rings is 2. The largest absolute Gasteiger partial charge is 0.337 e. The van der Waals surface area contributed by atoms with E-state index in [-0.39, 0.29) is 5.56 Å². The van der Waals surface area contributed by atoms with Gasteiger partial charge in [-0.1, -0.05) is 23.1 Å². The van der Waals surface area contributed by atoms with Gasteiger partial charge >= 0.3 is 0 Å². The van der Waals surface area contributed by atoms with Gasteiger partial charge in [0.05, 0.1) is 17.1 Å². The Kier molecular flexibility index (Phi) is 6.83. The molecule has 3 aromatic heterocycles. The molecule has 0 atom stereocenters. The second kappa shape index (κ2) is 9.70. The highest BCUT2D eigenvalue weighted by Crippen LogP contribution is 2.46. The van der Waals surface area contributed by atoms with Crippen LogP contribution in [-0.2, 0) is 13.1 Å². The fourth-order valence-corrected chi connectivity index (χ4v) is 8.93. The zero-order valence-electron chi connectivity index (χ0n) is 19.7. The van der Waals surface area contributed by atoms with Gasteiger partial charge in [-0.3, -0.25) is 9.36 Å². The van der Waals surface area contributed by atoms with Gasteiger partial charge in [0, 0.05) is 38.7 Å². The van der Waals surface area contributed by atoms with Gasteiger partial charge in [-0.05, 0) is 51.3 Å². The second-order valence-electron chi connectivity index (χ2n) is 8.07. The highest BCUT2D eigenvalue weighted by Gasteiger charge is 2.25. The highest BCUT2D eigenvalue weighted by atomic mass is 32.2. The van der Waals surface area contributed by atoms with Gasteiger partial charge in [-0.2, -0.15) is 4.57 Å². The van der Waals surface area contributed by atoms with E-state index in [1.807, 2.05) is 22.8 Å². The van der Waals surface area contributed by atoms with Gasteiger partial charge in [-0.25, -0.2) is 0 Å². The summed E-state index contributed by atoms with van der Waals surface area (Å²) in [6, 6.07) is 8.80. The molecule has 0 radical (unpaired) electrons. The van der Waals surface area contributed by atoms with Crippen LogP contribution in [0.5, 0.6) is 0 Å². The van der Waals surface area contributed by atoms with Crippen LogP contribution in [0, 0.1) is 13.8 Å². The number of anilines is 1. The van der Waals surface area contributed by atoms with Crippen LogP contribution in [0.25, 0.3) is 11.1 Å². The minimum Gasteiger partial charge on any atom is -0.337 e. The Balaban J connectivity index is 1.59. The third-order valence-corrected chi connectivity index (χ3v) is 11.0. The van der Waals surface area contributed by atoms with Gasteiger partial charge in [0.25, 0.3) is 10.6 Å². The lowest BCUT2D eigenvalue weighted by atomic mass is 10.2. The number of fused-ring (bicyclic) bond motifs is 1. The van der Waals surface area contributed by atoms with E-state index in [4.69, 9.17) is 0 Å². The molecular formula is C25H26N3OS5+. The maximum Gasteiger partial charge on any atom is 0.271 e. The topological polar surface area (TPSA) is 29.1 Å². The summed E-state index contributed by atoms with van der Waals surface area (Å²) in [7, 11) is 2.06. The summed E-state index contributed by atoms with van der Waals surface area (Å²) in [5.74, 6) is 0. The second-order valence-corrected chi connectivity index (χ2v) is 13.4. The number of nitrogens with zero attached hydrogens (tertiary/aromatic N) is 3. The van der Waals surface area contributed by atoms with Crippen molar-refractivity contribution in [1.29, 1.82) is 0 Å². The molecule has 9 heteroatoms. The fourth-order valence-electron chi connectivity index (χ4n) is 4.12. The number of rotatable bonds is 5. The molecule has 0 amide bonds. The van der Waals surface area contributed by atoms with Gasteiger partial charge in [0.2, 0.25) is 0 Å². The lowest BCUT2D eigenvalue weighted by Crippen LogP contribution is -2.36. The van der Waals surface area contributed by atoms with Crippen LogP contribution in [0.3, 0.4) is 0 Å². The van der Waals surface area contributed by atoms with E-state index in [1.54, 1.807) is 46.2 Å². The molecule has 0 N–H and O–H groups in total. The standard InChI is InChI=1S/C25H26N3OS5/c1-6-28-22(13-21-27(9-10-31-21)14-17-11-15(2)32-16(17)3)34-23(24(28)29)25-26(4)19-8-7-18(30-5)12-20(19)33-25/h7-13H,6,14H2,1-5H3/q+1/b25-23+. The van der Waals surface area contributed by atoms with Crippen LogP contribution >= 0.6 is 57.5 Å². The van der Waals surface area contributed by atoms with Crippen molar-refractivity contribution in [2.75, 3.05) is 18.2 Å². The van der Waals surface area contributed by atoms with Crippen LogP contribution < -0.4 is 24.2 Å². The molecule has 0 unspecified atom stereocenters. The molecule has 0 bridgehead atoms.